The maximum Gasteiger partial charge on any atom is 0.191 e. The molecule has 2 aromatic heterocycles. The van der Waals surface area contributed by atoms with Crippen molar-refractivity contribution in [3.8, 4) is 0 Å². The van der Waals surface area contributed by atoms with E-state index in [1.807, 2.05) is 33.6 Å². The van der Waals surface area contributed by atoms with E-state index in [4.69, 9.17) is 4.99 Å². The predicted molar refractivity (Wildman–Crippen MR) is 105 cm³/mol. The number of aromatic nitrogens is 5. The molecule has 27 heavy (non-hydrogen) atoms. The van der Waals surface area contributed by atoms with E-state index < -0.39 is 0 Å². The summed E-state index contributed by atoms with van der Waals surface area (Å²) in [5.41, 5.74) is 2.40. The Morgan fingerprint density at radius 3 is 2.70 bits per heavy atom. The lowest BCUT2D eigenvalue weighted by molar-refractivity contribution is 0.669. The first-order valence-electron chi connectivity index (χ1n) is 9.23. The van der Waals surface area contributed by atoms with Crippen molar-refractivity contribution in [3.63, 3.8) is 0 Å². The van der Waals surface area contributed by atoms with Crippen LogP contribution in [0.1, 0.15) is 30.8 Å². The molecule has 2 N–H and O–H groups in total. The summed E-state index contributed by atoms with van der Waals surface area (Å²) >= 11 is 0. The van der Waals surface area contributed by atoms with Crippen LogP contribution in [0.5, 0.6) is 0 Å². The predicted octanol–water partition coefficient (Wildman–Crippen LogP) is 1.80. The Labute approximate surface area is 159 Å². The first-order valence-corrected chi connectivity index (χ1v) is 9.23. The van der Waals surface area contributed by atoms with Gasteiger partial charge in [0.15, 0.2) is 11.8 Å². The maximum atomic E-state index is 4.74. The molecular weight excluding hydrogens is 340 g/mol. The third-order valence-electron chi connectivity index (χ3n) is 4.21. The van der Waals surface area contributed by atoms with E-state index in [0.29, 0.717) is 13.1 Å². The Morgan fingerprint density at radius 1 is 1.11 bits per heavy atom. The van der Waals surface area contributed by atoms with Gasteiger partial charge in [0.1, 0.15) is 6.33 Å². The molecule has 0 fully saturated rings. The van der Waals surface area contributed by atoms with Crippen LogP contribution in [0.4, 0.5) is 0 Å². The average Bonchev–Trinajstić information content (AvgIpc) is 3.36. The molecule has 0 spiro atoms. The van der Waals surface area contributed by atoms with Crippen molar-refractivity contribution in [2.24, 2.45) is 4.99 Å². The zero-order valence-electron chi connectivity index (χ0n) is 15.8. The molecule has 0 saturated heterocycles. The third-order valence-corrected chi connectivity index (χ3v) is 4.21. The molecule has 0 amide bonds. The van der Waals surface area contributed by atoms with Gasteiger partial charge in [-0.1, -0.05) is 24.3 Å². The minimum Gasteiger partial charge on any atom is -0.357 e. The quantitative estimate of drug-likeness (QED) is 0.469. The topological polar surface area (TPSA) is 84.9 Å². The fourth-order valence-electron chi connectivity index (χ4n) is 2.78. The molecule has 3 aromatic rings. The summed E-state index contributed by atoms with van der Waals surface area (Å²) in [5.74, 6) is 1.65. The van der Waals surface area contributed by atoms with Gasteiger partial charge in [-0.2, -0.15) is 5.10 Å². The van der Waals surface area contributed by atoms with Crippen LogP contribution in [-0.2, 0) is 26.2 Å². The second kappa shape index (κ2) is 9.51. The van der Waals surface area contributed by atoms with Crippen molar-refractivity contribution in [1.29, 1.82) is 0 Å². The third kappa shape index (κ3) is 5.16. The number of guanidine groups is 1. The summed E-state index contributed by atoms with van der Waals surface area (Å²) in [6.07, 6.45) is 5.51. The lowest BCUT2D eigenvalue weighted by atomic mass is 10.1. The largest absolute Gasteiger partial charge is 0.357 e. The first-order chi connectivity index (χ1) is 13.3. The van der Waals surface area contributed by atoms with Gasteiger partial charge in [0, 0.05) is 25.5 Å². The van der Waals surface area contributed by atoms with Crippen LogP contribution in [0, 0.1) is 0 Å². The number of nitrogens with one attached hydrogen (secondary N) is 2. The van der Waals surface area contributed by atoms with E-state index in [1.54, 1.807) is 12.5 Å². The summed E-state index contributed by atoms with van der Waals surface area (Å²) in [6, 6.07) is 10.3. The highest BCUT2D eigenvalue weighted by molar-refractivity contribution is 5.79. The van der Waals surface area contributed by atoms with Crippen LogP contribution >= 0.6 is 0 Å². The lowest BCUT2D eigenvalue weighted by Crippen LogP contribution is -2.37. The van der Waals surface area contributed by atoms with Crippen molar-refractivity contribution >= 4 is 5.96 Å². The van der Waals surface area contributed by atoms with Gasteiger partial charge in [-0.25, -0.2) is 4.99 Å². The van der Waals surface area contributed by atoms with Gasteiger partial charge in [0.25, 0.3) is 0 Å². The molecule has 1 aromatic carbocycles. The van der Waals surface area contributed by atoms with Crippen LogP contribution in [0.25, 0.3) is 0 Å². The van der Waals surface area contributed by atoms with E-state index >= 15 is 0 Å². The second-order valence-electron chi connectivity index (χ2n) is 6.05. The summed E-state index contributed by atoms with van der Waals surface area (Å²) < 4.78 is 3.93. The molecule has 2 heterocycles. The molecular formula is C19H26N8. The highest BCUT2D eigenvalue weighted by Crippen LogP contribution is 2.11. The molecule has 0 unspecified atom stereocenters. The van der Waals surface area contributed by atoms with Crippen LogP contribution < -0.4 is 10.6 Å². The number of aliphatic imine (C=N–C) groups is 1. The summed E-state index contributed by atoms with van der Waals surface area (Å²) in [4.78, 5) is 4.74. The summed E-state index contributed by atoms with van der Waals surface area (Å²) in [6.45, 7) is 7.67. The van der Waals surface area contributed by atoms with Gasteiger partial charge in [-0.3, -0.25) is 4.68 Å². The number of hydrogen-bond acceptors (Lipinski definition) is 4. The monoisotopic (exact) mass is 366 g/mol. The Balaban J connectivity index is 1.68. The lowest BCUT2D eigenvalue weighted by Gasteiger charge is -2.12. The molecule has 0 aliphatic rings. The standard InChI is InChI=1S/C19H26N8/c1-3-20-19(22-13-18-25-23-15-26(18)4-2)21-12-16-8-5-6-9-17(16)14-27-11-7-10-24-27/h5-11,15H,3-4,12-14H2,1-2H3,(H2,20,21,22). The van der Waals surface area contributed by atoms with E-state index in [0.717, 1.165) is 31.4 Å². The highest BCUT2D eigenvalue weighted by Gasteiger charge is 2.06. The fraction of sp³-hybridized carbons (Fsp3) is 0.368. The van der Waals surface area contributed by atoms with E-state index in [1.165, 1.54) is 11.1 Å². The molecule has 0 aliphatic carbocycles. The minimum atomic E-state index is 0.578. The van der Waals surface area contributed by atoms with Crippen molar-refractivity contribution in [2.45, 2.75) is 40.0 Å². The molecule has 8 heteroatoms. The Bertz CT molecular complexity index is 850. The first kappa shape index (κ1) is 18.6. The van der Waals surface area contributed by atoms with Crippen LogP contribution in [0.2, 0.25) is 0 Å². The Hall–Kier alpha value is -3.16. The van der Waals surface area contributed by atoms with Crippen LogP contribution in [-0.4, -0.2) is 37.0 Å². The number of rotatable bonds is 8. The molecule has 8 nitrogen and oxygen atoms in total. The molecule has 142 valence electrons. The normalized spacial score (nSPS) is 11.6. The molecule has 0 radical (unpaired) electrons. The Kier molecular flexibility index (Phi) is 6.56. The molecule has 0 saturated carbocycles. The zero-order valence-corrected chi connectivity index (χ0v) is 15.8. The van der Waals surface area contributed by atoms with Crippen LogP contribution in [0.15, 0.2) is 54.0 Å². The molecule has 0 bridgehead atoms. The summed E-state index contributed by atoms with van der Waals surface area (Å²) in [5, 5.41) is 19.0. The van der Waals surface area contributed by atoms with Crippen molar-refractivity contribution in [1.82, 2.24) is 35.2 Å². The fourth-order valence-corrected chi connectivity index (χ4v) is 2.78. The highest BCUT2D eigenvalue weighted by atomic mass is 15.3. The molecule has 0 atom stereocenters. The number of aryl methyl sites for hydroxylation is 1. The molecule has 0 aliphatic heterocycles. The number of nitrogens with zero attached hydrogens (tertiary/aromatic N) is 6. The van der Waals surface area contributed by atoms with Gasteiger partial charge < -0.3 is 15.2 Å². The maximum absolute atomic E-state index is 4.74. The van der Waals surface area contributed by atoms with Crippen molar-refractivity contribution < 1.29 is 0 Å². The number of benzene rings is 1. The van der Waals surface area contributed by atoms with E-state index in [2.05, 4.69) is 51.9 Å². The van der Waals surface area contributed by atoms with E-state index in [-0.39, 0.29) is 0 Å². The van der Waals surface area contributed by atoms with Crippen molar-refractivity contribution in [2.75, 3.05) is 6.54 Å². The SMILES string of the molecule is CCNC(=NCc1ccccc1Cn1cccn1)NCc1nncn1CC. The van der Waals surface area contributed by atoms with E-state index in [9.17, 15) is 0 Å². The van der Waals surface area contributed by atoms with Gasteiger partial charge in [0.05, 0.1) is 19.6 Å². The van der Waals surface area contributed by atoms with Gasteiger partial charge in [0.2, 0.25) is 0 Å². The van der Waals surface area contributed by atoms with Gasteiger partial charge in [-0.15, -0.1) is 10.2 Å². The van der Waals surface area contributed by atoms with Gasteiger partial charge >= 0.3 is 0 Å². The molecule has 3 rings (SSSR count). The number of hydrogen-bond donors (Lipinski definition) is 2. The smallest absolute Gasteiger partial charge is 0.191 e. The van der Waals surface area contributed by atoms with Crippen molar-refractivity contribution in [3.05, 3.63) is 66.0 Å². The van der Waals surface area contributed by atoms with Crippen LogP contribution in [0.3, 0.4) is 0 Å². The summed E-state index contributed by atoms with van der Waals surface area (Å²) in [7, 11) is 0. The van der Waals surface area contributed by atoms with Gasteiger partial charge in [-0.05, 0) is 31.0 Å². The average molecular weight is 366 g/mol. The zero-order chi connectivity index (χ0) is 18.9. The minimum absolute atomic E-state index is 0.578. The Morgan fingerprint density at radius 2 is 1.96 bits per heavy atom. The second-order valence-corrected chi connectivity index (χ2v) is 6.05.